The molecule has 1 aliphatic heterocycles. The third-order valence-electron chi connectivity index (χ3n) is 6.22. The Kier molecular flexibility index (Phi) is 6.05. The molecule has 1 saturated heterocycles. The molecule has 1 N–H and O–H groups in total. The van der Waals surface area contributed by atoms with Crippen molar-refractivity contribution < 1.29 is 14.6 Å². The van der Waals surface area contributed by atoms with E-state index in [2.05, 4.69) is 9.88 Å². The number of ether oxygens (including phenoxy) is 2. The van der Waals surface area contributed by atoms with Gasteiger partial charge in [0.15, 0.2) is 0 Å². The van der Waals surface area contributed by atoms with Crippen LogP contribution in [0.3, 0.4) is 0 Å². The maximum absolute atomic E-state index is 13.0. The summed E-state index contributed by atoms with van der Waals surface area (Å²) in [5.74, 6) is 1.54. The molecule has 7 nitrogen and oxygen atoms in total. The van der Waals surface area contributed by atoms with Gasteiger partial charge in [-0.1, -0.05) is 0 Å². The van der Waals surface area contributed by atoms with E-state index in [0.717, 1.165) is 52.0 Å². The minimum atomic E-state index is -0.916. The van der Waals surface area contributed by atoms with Crippen molar-refractivity contribution in [3.8, 4) is 11.5 Å². The Morgan fingerprint density at radius 1 is 1.13 bits per heavy atom. The maximum atomic E-state index is 13.0. The smallest absolute Gasteiger partial charge is 0.262 e. The third-order valence-corrected chi connectivity index (χ3v) is 7.34. The zero-order valence-electron chi connectivity index (χ0n) is 18.5. The van der Waals surface area contributed by atoms with Gasteiger partial charge in [0, 0.05) is 30.6 Å². The number of thiophene rings is 1. The summed E-state index contributed by atoms with van der Waals surface area (Å²) < 4.78 is 12.3. The highest BCUT2D eigenvalue weighted by Crippen LogP contribution is 2.29. The van der Waals surface area contributed by atoms with E-state index in [0.29, 0.717) is 18.2 Å². The molecule has 1 fully saturated rings. The van der Waals surface area contributed by atoms with E-state index >= 15 is 0 Å². The summed E-state index contributed by atoms with van der Waals surface area (Å²) in [4.78, 5) is 21.6. The van der Waals surface area contributed by atoms with Gasteiger partial charge in [-0.25, -0.2) is 4.98 Å². The SMILES string of the molecule is COc1cc(CN2CCC(O)(Cn3cnc4sc(C)c(C)c4c3=O)CC2)cc(OC)c1. The molecule has 0 aliphatic carbocycles. The van der Waals surface area contributed by atoms with E-state index in [1.165, 1.54) is 0 Å². The summed E-state index contributed by atoms with van der Waals surface area (Å²) in [5, 5.41) is 11.9. The molecule has 0 saturated carbocycles. The fraction of sp³-hybridized carbons (Fsp3) is 0.478. The molecule has 0 radical (unpaired) electrons. The van der Waals surface area contributed by atoms with Crippen molar-refractivity contribution in [1.82, 2.24) is 14.5 Å². The Morgan fingerprint density at radius 2 is 1.77 bits per heavy atom. The molecule has 3 aromatic rings. The lowest BCUT2D eigenvalue weighted by Crippen LogP contribution is -2.47. The number of likely N-dealkylation sites (tertiary alicyclic amines) is 1. The number of piperidine rings is 1. The quantitative estimate of drug-likeness (QED) is 0.631. The predicted octanol–water partition coefficient (Wildman–Crippen LogP) is 3.12. The molecule has 8 heteroatoms. The Bertz CT molecular complexity index is 1120. The lowest BCUT2D eigenvalue weighted by Gasteiger charge is -2.38. The Balaban J connectivity index is 1.45. The average Bonchev–Trinajstić information content (AvgIpc) is 3.06. The highest BCUT2D eigenvalue weighted by molar-refractivity contribution is 7.18. The molecule has 31 heavy (non-hydrogen) atoms. The van der Waals surface area contributed by atoms with Crippen LogP contribution in [0.1, 0.15) is 28.8 Å². The van der Waals surface area contributed by atoms with Crippen LogP contribution in [0.5, 0.6) is 11.5 Å². The molecule has 0 amide bonds. The Morgan fingerprint density at radius 3 is 2.39 bits per heavy atom. The predicted molar refractivity (Wildman–Crippen MR) is 122 cm³/mol. The summed E-state index contributed by atoms with van der Waals surface area (Å²) in [7, 11) is 3.29. The number of aromatic nitrogens is 2. The van der Waals surface area contributed by atoms with Crippen LogP contribution < -0.4 is 15.0 Å². The van der Waals surface area contributed by atoms with Gasteiger partial charge in [0.05, 0.1) is 38.1 Å². The molecule has 0 unspecified atom stereocenters. The zero-order valence-corrected chi connectivity index (χ0v) is 19.3. The molecule has 1 aromatic carbocycles. The van der Waals surface area contributed by atoms with Crippen LogP contribution in [0.15, 0.2) is 29.3 Å². The summed E-state index contributed by atoms with van der Waals surface area (Å²) in [6.07, 6.45) is 2.77. The monoisotopic (exact) mass is 443 g/mol. The number of benzene rings is 1. The molecule has 4 rings (SSSR count). The number of aryl methyl sites for hydroxylation is 2. The molecule has 166 valence electrons. The summed E-state index contributed by atoms with van der Waals surface area (Å²) in [5.41, 5.74) is 1.12. The van der Waals surface area contributed by atoms with Crippen molar-refractivity contribution in [2.75, 3.05) is 27.3 Å². The topological polar surface area (TPSA) is 76.8 Å². The van der Waals surface area contributed by atoms with Gasteiger partial charge in [0.2, 0.25) is 0 Å². The summed E-state index contributed by atoms with van der Waals surface area (Å²) in [6, 6.07) is 5.88. The highest BCUT2D eigenvalue weighted by atomic mass is 32.1. The second kappa shape index (κ2) is 8.61. The fourth-order valence-electron chi connectivity index (χ4n) is 4.20. The maximum Gasteiger partial charge on any atom is 0.262 e. The van der Waals surface area contributed by atoms with Crippen molar-refractivity contribution in [2.24, 2.45) is 0 Å². The minimum Gasteiger partial charge on any atom is -0.497 e. The second-order valence-electron chi connectivity index (χ2n) is 8.36. The van der Waals surface area contributed by atoms with E-state index in [1.54, 1.807) is 36.5 Å². The van der Waals surface area contributed by atoms with Crippen molar-refractivity contribution in [3.05, 3.63) is 50.9 Å². The average molecular weight is 444 g/mol. The Hall–Kier alpha value is -2.42. The van der Waals surface area contributed by atoms with Gasteiger partial charge < -0.3 is 14.6 Å². The molecular formula is C23H29N3O4S. The van der Waals surface area contributed by atoms with E-state index in [-0.39, 0.29) is 12.1 Å². The first kappa shape index (κ1) is 21.8. The number of rotatable bonds is 6. The van der Waals surface area contributed by atoms with Gasteiger partial charge in [0.1, 0.15) is 16.3 Å². The summed E-state index contributed by atoms with van der Waals surface area (Å²) >= 11 is 1.54. The highest BCUT2D eigenvalue weighted by Gasteiger charge is 2.33. The van der Waals surface area contributed by atoms with Crippen LogP contribution in [-0.2, 0) is 13.1 Å². The van der Waals surface area contributed by atoms with E-state index < -0.39 is 5.60 Å². The molecule has 2 aromatic heterocycles. The van der Waals surface area contributed by atoms with Gasteiger partial charge >= 0.3 is 0 Å². The molecule has 0 bridgehead atoms. The van der Waals surface area contributed by atoms with Gasteiger partial charge in [-0.05, 0) is 49.9 Å². The molecule has 0 atom stereocenters. The van der Waals surface area contributed by atoms with Crippen LogP contribution in [0, 0.1) is 13.8 Å². The normalized spacial score (nSPS) is 16.5. The zero-order chi connectivity index (χ0) is 22.2. The van der Waals surface area contributed by atoms with Crippen molar-refractivity contribution >= 4 is 21.6 Å². The van der Waals surface area contributed by atoms with Gasteiger partial charge in [0.25, 0.3) is 5.56 Å². The van der Waals surface area contributed by atoms with Crippen LogP contribution in [0.25, 0.3) is 10.2 Å². The van der Waals surface area contributed by atoms with Crippen LogP contribution in [-0.4, -0.2) is 52.5 Å². The lowest BCUT2D eigenvalue weighted by molar-refractivity contribution is -0.0365. The van der Waals surface area contributed by atoms with Crippen LogP contribution in [0.2, 0.25) is 0 Å². The van der Waals surface area contributed by atoms with Gasteiger partial charge in [-0.3, -0.25) is 14.3 Å². The standard InChI is InChI=1S/C23H29N3O4S/c1-15-16(2)31-21-20(15)22(27)26(14-24-21)13-23(28)5-7-25(8-6-23)12-17-9-18(29-3)11-19(10-17)30-4/h9-11,14,28H,5-8,12-13H2,1-4H3. The van der Waals surface area contributed by atoms with E-state index in [4.69, 9.17) is 9.47 Å². The van der Waals surface area contributed by atoms with Crippen molar-refractivity contribution in [3.63, 3.8) is 0 Å². The first-order valence-electron chi connectivity index (χ1n) is 10.4. The summed E-state index contributed by atoms with van der Waals surface area (Å²) in [6.45, 7) is 6.48. The van der Waals surface area contributed by atoms with Gasteiger partial charge in [-0.2, -0.15) is 0 Å². The number of aliphatic hydroxyl groups is 1. The van der Waals surface area contributed by atoms with E-state index in [1.807, 2.05) is 32.0 Å². The number of fused-ring (bicyclic) bond motifs is 1. The van der Waals surface area contributed by atoms with Crippen molar-refractivity contribution in [1.29, 1.82) is 0 Å². The number of hydrogen-bond acceptors (Lipinski definition) is 7. The number of hydrogen-bond donors (Lipinski definition) is 1. The van der Waals surface area contributed by atoms with Crippen LogP contribution >= 0.6 is 11.3 Å². The Labute approximate surface area is 185 Å². The third kappa shape index (κ3) is 4.46. The number of nitrogens with zero attached hydrogens (tertiary/aromatic N) is 3. The second-order valence-corrected chi connectivity index (χ2v) is 9.57. The molecule has 0 spiro atoms. The molecule has 1 aliphatic rings. The number of methoxy groups -OCH3 is 2. The lowest BCUT2D eigenvalue weighted by atomic mass is 9.91. The van der Waals surface area contributed by atoms with Gasteiger partial charge in [-0.15, -0.1) is 11.3 Å². The first-order chi connectivity index (χ1) is 14.8. The van der Waals surface area contributed by atoms with E-state index in [9.17, 15) is 9.90 Å². The fourth-order valence-corrected chi connectivity index (χ4v) is 5.19. The largest absolute Gasteiger partial charge is 0.497 e. The van der Waals surface area contributed by atoms with Crippen LogP contribution in [0.4, 0.5) is 0 Å². The molecular weight excluding hydrogens is 414 g/mol. The minimum absolute atomic E-state index is 0.0637. The molecule has 3 heterocycles. The first-order valence-corrected chi connectivity index (χ1v) is 11.3. The van der Waals surface area contributed by atoms with Crippen molar-refractivity contribution in [2.45, 2.75) is 45.4 Å².